The second-order valence-corrected chi connectivity index (χ2v) is 6.30. The lowest BCUT2D eigenvalue weighted by molar-refractivity contribution is 0.112. The highest BCUT2D eigenvalue weighted by atomic mass is 19.1. The lowest BCUT2D eigenvalue weighted by Gasteiger charge is -2.17. The topological polar surface area (TPSA) is 46.1 Å². The van der Waals surface area contributed by atoms with Crippen LogP contribution in [-0.4, -0.2) is 40.9 Å². The molecule has 1 unspecified atom stereocenters. The molecular formula is C20H23F2N3O. The molecule has 2 rings (SSSR count). The fourth-order valence-corrected chi connectivity index (χ4v) is 2.54. The van der Waals surface area contributed by atoms with Crippen molar-refractivity contribution in [1.82, 2.24) is 14.9 Å². The minimum atomic E-state index is -0.912. The van der Waals surface area contributed by atoms with E-state index in [4.69, 9.17) is 0 Å². The molecule has 4 nitrogen and oxygen atoms in total. The number of rotatable bonds is 8. The first kappa shape index (κ1) is 19.7. The molecule has 0 bridgehead atoms. The maximum absolute atomic E-state index is 14.3. The van der Waals surface area contributed by atoms with Crippen molar-refractivity contribution in [3.05, 3.63) is 53.2 Å². The van der Waals surface area contributed by atoms with Crippen molar-refractivity contribution in [1.29, 1.82) is 0 Å². The molecule has 0 aliphatic rings. The van der Waals surface area contributed by atoms with Gasteiger partial charge in [0.05, 0.1) is 5.56 Å². The molecule has 0 N–H and O–H groups in total. The van der Waals surface area contributed by atoms with E-state index in [2.05, 4.69) is 9.97 Å². The third-order valence-electron chi connectivity index (χ3n) is 3.92. The summed E-state index contributed by atoms with van der Waals surface area (Å²) in [5.41, 5.74) is 1.83. The fraction of sp³-hybridized carbons (Fsp3) is 0.350. The summed E-state index contributed by atoms with van der Waals surface area (Å²) in [6.45, 7) is 4.04. The number of hydrogen-bond donors (Lipinski definition) is 0. The zero-order valence-electron chi connectivity index (χ0n) is 15.2. The first-order valence-electron chi connectivity index (χ1n) is 8.54. The van der Waals surface area contributed by atoms with E-state index < -0.39 is 12.0 Å². The Hall–Kier alpha value is -2.63. The van der Waals surface area contributed by atoms with E-state index in [0.29, 0.717) is 18.3 Å². The minimum absolute atomic E-state index is 0.215. The summed E-state index contributed by atoms with van der Waals surface area (Å²) in [5.74, 6) is -0.312. The minimum Gasteiger partial charge on any atom is -0.377 e. The van der Waals surface area contributed by atoms with Gasteiger partial charge in [-0.1, -0.05) is 13.3 Å². The van der Waals surface area contributed by atoms with Gasteiger partial charge in [-0.15, -0.1) is 0 Å². The largest absolute Gasteiger partial charge is 0.377 e. The molecule has 1 aromatic carbocycles. The summed E-state index contributed by atoms with van der Waals surface area (Å²) in [7, 11) is 1.76. The lowest BCUT2D eigenvalue weighted by atomic mass is 10.0. The molecule has 26 heavy (non-hydrogen) atoms. The Bertz CT molecular complexity index is 775. The average molecular weight is 359 g/mol. The number of aldehydes is 1. The highest BCUT2D eigenvalue weighted by Crippen LogP contribution is 2.24. The number of hydrogen-bond acceptors (Lipinski definition) is 4. The third kappa shape index (κ3) is 5.18. The molecule has 6 heteroatoms. The first-order chi connectivity index (χ1) is 12.4. The average Bonchev–Trinajstić information content (AvgIpc) is 2.61. The maximum Gasteiger partial charge on any atom is 0.162 e. The highest BCUT2D eigenvalue weighted by Gasteiger charge is 2.13. The second-order valence-electron chi connectivity index (χ2n) is 6.30. The van der Waals surface area contributed by atoms with E-state index in [1.165, 1.54) is 12.1 Å². The van der Waals surface area contributed by atoms with Crippen LogP contribution in [0.4, 0.5) is 8.78 Å². The molecule has 1 heterocycles. The molecule has 1 atom stereocenters. The van der Waals surface area contributed by atoms with Gasteiger partial charge >= 0.3 is 0 Å². The second kappa shape index (κ2) is 9.17. The van der Waals surface area contributed by atoms with Crippen LogP contribution < -0.4 is 0 Å². The van der Waals surface area contributed by atoms with E-state index in [9.17, 15) is 13.6 Å². The molecule has 1 aromatic heterocycles. The molecule has 0 saturated heterocycles. The Kier molecular flexibility index (Phi) is 6.95. The van der Waals surface area contributed by atoms with Gasteiger partial charge in [-0.2, -0.15) is 0 Å². The normalized spacial score (nSPS) is 12.3. The van der Waals surface area contributed by atoms with Gasteiger partial charge in [0.25, 0.3) is 0 Å². The summed E-state index contributed by atoms with van der Waals surface area (Å²) in [6, 6.07) is 2.70. The van der Waals surface area contributed by atoms with Gasteiger partial charge in [0.2, 0.25) is 0 Å². The number of carbonyl (C=O) groups is 1. The van der Waals surface area contributed by atoms with Gasteiger partial charge in [0, 0.05) is 31.5 Å². The van der Waals surface area contributed by atoms with Crippen molar-refractivity contribution in [3.63, 3.8) is 0 Å². The molecule has 2 aromatic rings. The third-order valence-corrected chi connectivity index (χ3v) is 3.92. The van der Waals surface area contributed by atoms with Crippen LogP contribution in [0.2, 0.25) is 0 Å². The number of alkyl halides is 1. The lowest BCUT2D eigenvalue weighted by Crippen LogP contribution is -2.21. The Labute approximate surface area is 152 Å². The molecule has 0 fully saturated rings. The van der Waals surface area contributed by atoms with Crippen LogP contribution in [0.25, 0.3) is 17.5 Å². The Morgan fingerprint density at radius 1 is 1.23 bits per heavy atom. The van der Waals surface area contributed by atoms with E-state index in [0.717, 1.165) is 12.0 Å². The molecule has 0 spiro atoms. The number of benzene rings is 1. The number of halogens is 2. The Morgan fingerprint density at radius 2 is 1.92 bits per heavy atom. The molecule has 0 saturated carbocycles. The Balaban J connectivity index is 2.29. The van der Waals surface area contributed by atoms with Crippen LogP contribution in [-0.2, 0) is 0 Å². The zero-order chi connectivity index (χ0) is 19.1. The predicted molar refractivity (Wildman–Crippen MR) is 99.0 cm³/mol. The van der Waals surface area contributed by atoms with Crippen LogP contribution >= 0.6 is 0 Å². The Morgan fingerprint density at radius 3 is 2.54 bits per heavy atom. The van der Waals surface area contributed by atoms with Gasteiger partial charge < -0.3 is 4.90 Å². The number of aryl methyl sites for hydroxylation is 1. The molecular weight excluding hydrogens is 336 g/mol. The molecule has 0 radical (unpaired) electrons. The number of aromatic nitrogens is 2. The molecule has 0 amide bonds. The summed E-state index contributed by atoms with van der Waals surface area (Å²) in [4.78, 5) is 21.3. The van der Waals surface area contributed by atoms with E-state index in [-0.39, 0.29) is 23.5 Å². The zero-order valence-corrected chi connectivity index (χ0v) is 15.2. The predicted octanol–water partition coefficient (Wildman–Crippen LogP) is 4.44. The van der Waals surface area contributed by atoms with Crippen molar-refractivity contribution in [3.8, 4) is 11.4 Å². The van der Waals surface area contributed by atoms with Gasteiger partial charge in [-0.3, -0.25) is 4.79 Å². The number of nitrogens with zero attached hydrogens (tertiary/aromatic N) is 3. The fourth-order valence-electron chi connectivity index (χ4n) is 2.54. The van der Waals surface area contributed by atoms with Crippen molar-refractivity contribution < 1.29 is 13.6 Å². The van der Waals surface area contributed by atoms with E-state index in [1.807, 2.05) is 13.8 Å². The first-order valence-corrected chi connectivity index (χ1v) is 8.54. The molecule has 0 aliphatic carbocycles. The van der Waals surface area contributed by atoms with Gasteiger partial charge in [-0.25, -0.2) is 18.7 Å². The summed E-state index contributed by atoms with van der Waals surface area (Å²) in [6.07, 6.45) is 7.53. The van der Waals surface area contributed by atoms with Crippen LogP contribution in [0, 0.1) is 12.7 Å². The highest BCUT2D eigenvalue weighted by molar-refractivity contribution is 5.83. The standard InChI is InChI=1S/C20H23F2N3O/c1-4-5-17(21)12-25(3)7-6-15-8-18(19(22)9-16(15)13-26)20-23-10-14(2)11-24-20/h6-11,13,17H,4-5,12H2,1-3H3/b7-6-. The van der Waals surface area contributed by atoms with Crippen LogP contribution in [0.1, 0.15) is 41.3 Å². The van der Waals surface area contributed by atoms with Crippen molar-refractivity contribution in [2.24, 2.45) is 0 Å². The van der Waals surface area contributed by atoms with Crippen LogP contribution in [0.3, 0.4) is 0 Å². The van der Waals surface area contributed by atoms with Gasteiger partial charge in [-0.05, 0) is 48.9 Å². The summed E-state index contributed by atoms with van der Waals surface area (Å²) in [5, 5.41) is 0. The quantitative estimate of drug-likeness (QED) is 0.654. The van der Waals surface area contributed by atoms with Crippen molar-refractivity contribution in [2.75, 3.05) is 13.6 Å². The summed E-state index contributed by atoms with van der Waals surface area (Å²) >= 11 is 0. The van der Waals surface area contributed by atoms with Gasteiger partial charge in [0.15, 0.2) is 12.1 Å². The van der Waals surface area contributed by atoms with E-state index in [1.54, 1.807) is 36.6 Å². The van der Waals surface area contributed by atoms with Crippen molar-refractivity contribution >= 4 is 12.4 Å². The molecule has 138 valence electrons. The SMILES string of the molecule is CCCC(F)CN(C)/C=C\c1cc(-c2ncc(C)cn2)c(F)cc1C=O. The van der Waals surface area contributed by atoms with E-state index >= 15 is 0 Å². The van der Waals surface area contributed by atoms with Crippen LogP contribution in [0.15, 0.2) is 30.7 Å². The number of carbonyl (C=O) groups excluding carboxylic acids is 1. The smallest absolute Gasteiger partial charge is 0.162 e. The van der Waals surface area contributed by atoms with Gasteiger partial charge in [0.1, 0.15) is 12.0 Å². The summed E-state index contributed by atoms with van der Waals surface area (Å²) < 4.78 is 28.0. The maximum atomic E-state index is 14.3. The molecule has 0 aliphatic heterocycles. The monoisotopic (exact) mass is 359 g/mol. The van der Waals surface area contributed by atoms with Crippen molar-refractivity contribution in [2.45, 2.75) is 32.9 Å². The van der Waals surface area contributed by atoms with Crippen LogP contribution in [0.5, 0.6) is 0 Å².